The second-order valence-electron chi connectivity index (χ2n) is 5.18. The van der Waals surface area contributed by atoms with Crippen LogP contribution in [0, 0.1) is 0 Å². The van der Waals surface area contributed by atoms with Crippen LogP contribution in [0.3, 0.4) is 0 Å². The number of hydrogen-bond acceptors (Lipinski definition) is 5. The van der Waals surface area contributed by atoms with Crippen molar-refractivity contribution >= 4 is 11.6 Å². The molecule has 0 spiro atoms. The number of nitrogens with one attached hydrogen (secondary N) is 1. The topological polar surface area (TPSA) is 67.1 Å². The van der Waals surface area contributed by atoms with Crippen molar-refractivity contribution < 1.29 is 13.2 Å². The zero-order valence-electron chi connectivity index (χ0n) is 12.0. The number of rotatable bonds is 3. The third-order valence-electron chi connectivity index (χ3n) is 3.76. The lowest BCUT2D eigenvalue weighted by atomic mass is 10.1. The molecule has 3 N–H and O–H groups in total. The van der Waals surface area contributed by atoms with E-state index in [1.807, 2.05) is 11.8 Å². The smallest absolute Gasteiger partial charge is 0.353 e. The van der Waals surface area contributed by atoms with Crippen LogP contribution in [0.15, 0.2) is 6.07 Å². The first-order chi connectivity index (χ1) is 9.95. The van der Waals surface area contributed by atoms with E-state index in [1.165, 1.54) is 6.07 Å². The van der Waals surface area contributed by atoms with Gasteiger partial charge in [-0.1, -0.05) is 19.8 Å². The maximum atomic E-state index is 12.9. The molecular weight excluding hydrogens is 283 g/mol. The molecular formula is C13H20F3N5. The zero-order valence-corrected chi connectivity index (χ0v) is 12.0. The van der Waals surface area contributed by atoms with E-state index in [2.05, 4.69) is 15.4 Å². The highest BCUT2D eigenvalue weighted by atomic mass is 19.4. The molecule has 1 aromatic heterocycles. The Bertz CT molecular complexity index is 477. The molecule has 21 heavy (non-hydrogen) atoms. The minimum atomic E-state index is -4.59. The average molecular weight is 303 g/mol. The van der Waals surface area contributed by atoms with Gasteiger partial charge in [-0.3, -0.25) is 0 Å². The minimum absolute atomic E-state index is 0.0218. The number of halogens is 3. The van der Waals surface area contributed by atoms with Gasteiger partial charge in [-0.15, -0.1) is 0 Å². The average Bonchev–Trinajstić information content (AvgIpc) is 2.70. The van der Waals surface area contributed by atoms with Gasteiger partial charge in [0.2, 0.25) is 5.82 Å². The molecule has 0 bridgehead atoms. The normalized spacial score (nSPS) is 20.2. The molecule has 118 valence electrons. The fraction of sp³-hybridized carbons (Fsp3) is 0.692. The first-order valence-corrected chi connectivity index (χ1v) is 7.15. The second-order valence-corrected chi connectivity index (χ2v) is 5.18. The largest absolute Gasteiger partial charge is 0.451 e. The molecule has 2 heterocycles. The standard InChI is InChI=1S/C13H20F3N5/c1-2-9-6-4-3-5-7-21(9)11-8-10(20-17)18-12(19-11)13(14,15)16/h8-9H,2-7,17H2,1H3,(H,18,19,20). The summed E-state index contributed by atoms with van der Waals surface area (Å²) in [6.45, 7) is 2.74. The van der Waals surface area contributed by atoms with Crippen molar-refractivity contribution in [2.24, 2.45) is 5.84 Å². The van der Waals surface area contributed by atoms with Gasteiger partial charge in [0.25, 0.3) is 0 Å². The van der Waals surface area contributed by atoms with Crippen LogP contribution in [0.25, 0.3) is 0 Å². The number of hydrazine groups is 1. The fourth-order valence-electron chi connectivity index (χ4n) is 2.69. The summed E-state index contributed by atoms with van der Waals surface area (Å²) in [5.74, 6) is 4.34. The predicted molar refractivity (Wildman–Crippen MR) is 74.7 cm³/mol. The number of anilines is 2. The molecule has 0 radical (unpaired) electrons. The third kappa shape index (κ3) is 3.75. The van der Waals surface area contributed by atoms with Crippen molar-refractivity contribution in [3.05, 3.63) is 11.9 Å². The summed E-state index contributed by atoms with van der Waals surface area (Å²) >= 11 is 0. The minimum Gasteiger partial charge on any atom is -0.353 e. The lowest BCUT2D eigenvalue weighted by Gasteiger charge is -2.30. The van der Waals surface area contributed by atoms with Crippen LogP contribution in [0.4, 0.5) is 24.8 Å². The molecule has 0 amide bonds. The lowest BCUT2D eigenvalue weighted by Crippen LogP contribution is -2.35. The van der Waals surface area contributed by atoms with Gasteiger partial charge in [0.05, 0.1) is 0 Å². The van der Waals surface area contributed by atoms with Crippen LogP contribution < -0.4 is 16.2 Å². The summed E-state index contributed by atoms with van der Waals surface area (Å²) in [7, 11) is 0. The Balaban J connectivity index is 2.40. The van der Waals surface area contributed by atoms with E-state index < -0.39 is 12.0 Å². The van der Waals surface area contributed by atoms with Gasteiger partial charge in [0.1, 0.15) is 11.6 Å². The monoisotopic (exact) mass is 303 g/mol. The molecule has 5 nitrogen and oxygen atoms in total. The van der Waals surface area contributed by atoms with E-state index in [4.69, 9.17) is 5.84 Å². The van der Waals surface area contributed by atoms with Gasteiger partial charge < -0.3 is 10.3 Å². The Hall–Kier alpha value is -1.57. The van der Waals surface area contributed by atoms with Crippen molar-refractivity contribution in [1.29, 1.82) is 0 Å². The van der Waals surface area contributed by atoms with Gasteiger partial charge in [0, 0.05) is 18.7 Å². The van der Waals surface area contributed by atoms with Gasteiger partial charge in [-0.05, 0) is 19.3 Å². The molecule has 1 saturated heterocycles. The van der Waals surface area contributed by atoms with E-state index in [-0.39, 0.29) is 11.9 Å². The van der Waals surface area contributed by atoms with Crippen LogP contribution in [-0.4, -0.2) is 22.6 Å². The predicted octanol–water partition coefficient (Wildman–Crippen LogP) is 2.94. The molecule has 1 unspecified atom stereocenters. The summed E-state index contributed by atoms with van der Waals surface area (Å²) in [5.41, 5.74) is 2.19. The molecule has 0 aliphatic carbocycles. The van der Waals surface area contributed by atoms with Gasteiger partial charge in [-0.25, -0.2) is 15.8 Å². The summed E-state index contributed by atoms with van der Waals surface area (Å²) in [6, 6.07) is 1.68. The van der Waals surface area contributed by atoms with Gasteiger partial charge >= 0.3 is 6.18 Å². The number of nitrogens with two attached hydrogens (primary N) is 1. The van der Waals surface area contributed by atoms with E-state index in [1.54, 1.807) is 0 Å². The maximum Gasteiger partial charge on any atom is 0.451 e. The molecule has 0 saturated carbocycles. The molecule has 1 aliphatic rings. The van der Waals surface area contributed by atoms with Crippen molar-refractivity contribution in [3.8, 4) is 0 Å². The van der Waals surface area contributed by atoms with Gasteiger partial charge in [-0.2, -0.15) is 13.2 Å². The van der Waals surface area contributed by atoms with Crippen LogP contribution in [-0.2, 0) is 6.18 Å². The molecule has 1 aromatic rings. The number of aromatic nitrogens is 2. The van der Waals surface area contributed by atoms with Crippen molar-refractivity contribution in [3.63, 3.8) is 0 Å². The highest BCUT2D eigenvalue weighted by Gasteiger charge is 2.36. The van der Waals surface area contributed by atoms with Gasteiger partial charge in [0.15, 0.2) is 0 Å². The molecule has 0 aromatic carbocycles. The summed E-state index contributed by atoms with van der Waals surface area (Å²) in [5, 5.41) is 0. The summed E-state index contributed by atoms with van der Waals surface area (Å²) in [4.78, 5) is 9.05. The number of nitrogens with zero attached hydrogens (tertiary/aromatic N) is 3. The fourth-order valence-corrected chi connectivity index (χ4v) is 2.69. The molecule has 1 aliphatic heterocycles. The SMILES string of the molecule is CCC1CCCCCN1c1cc(NN)nc(C(F)(F)F)n1. The van der Waals surface area contributed by atoms with E-state index in [9.17, 15) is 13.2 Å². The summed E-state index contributed by atoms with van der Waals surface area (Å²) < 4.78 is 38.7. The number of nitrogen functional groups attached to an aromatic ring is 1. The van der Waals surface area contributed by atoms with Crippen molar-refractivity contribution in [2.45, 2.75) is 51.2 Å². The highest BCUT2D eigenvalue weighted by Crippen LogP contribution is 2.31. The van der Waals surface area contributed by atoms with Crippen LogP contribution >= 0.6 is 0 Å². The van der Waals surface area contributed by atoms with E-state index in [0.717, 1.165) is 32.1 Å². The summed E-state index contributed by atoms with van der Waals surface area (Å²) in [6.07, 6.45) is 0.382. The quantitative estimate of drug-likeness (QED) is 0.664. The lowest BCUT2D eigenvalue weighted by molar-refractivity contribution is -0.144. The van der Waals surface area contributed by atoms with Crippen molar-refractivity contribution in [2.75, 3.05) is 16.9 Å². The molecule has 1 fully saturated rings. The Morgan fingerprint density at radius 1 is 1.33 bits per heavy atom. The Morgan fingerprint density at radius 2 is 2.10 bits per heavy atom. The Kier molecular flexibility index (Phi) is 4.87. The van der Waals surface area contributed by atoms with E-state index in [0.29, 0.717) is 12.4 Å². The first kappa shape index (κ1) is 15.8. The Morgan fingerprint density at radius 3 is 2.71 bits per heavy atom. The highest BCUT2D eigenvalue weighted by molar-refractivity contribution is 5.50. The molecule has 1 atom stereocenters. The van der Waals surface area contributed by atoms with Crippen molar-refractivity contribution in [1.82, 2.24) is 9.97 Å². The third-order valence-corrected chi connectivity index (χ3v) is 3.76. The number of alkyl halides is 3. The second kappa shape index (κ2) is 6.46. The zero-order chi connectivity index (χ0) is 15.5. The Labute approximate surface area is 121 Å². The van der Waals surface area contributed by atoms with Crippen LogP contribution in [0.2, 0.25) is 0 Å². The number of hydrogen-bond donors (Lipinski definition) is 2. The first-order valence-electron chi connectivity index (χ1n) is 7.15. The molecule has 2 rings (SSSR count). The molecule has 8 heteroatoms. The maximum absolute atomic E-state index is 12.9. The van der Waals surface area contributed by atoms with Crippen LogP contribution in [0.5, 0.6) is 0 Å². The van der Waals surface area contributed by atoms with E-state index >= 15 is 0 Å². The van der Waals surface area contributed by atoms with Crippen LogP contribution in [0.1, 0.15) is 44.9 Å².